The Morgan fingerprint density at radius 3 is 2.22 bits per heavy atom. The molecule has 0 aliphatic heterocycles. The van der Waals surface area contributed by atoms with Crippen molar-refractivity contribution < 1.29 is 29.0 Å². The fourth-order valence-corrected chi connectivity index (χ4v) is 12.6. The number of amides is 1. The van der Waals surface area contributed by atoms with E-state index in [4.69, 9.17) is 9.47 Å². The Morgan fingerprint density at radius 1 is 0.844 bits per heavy atom. The average molecular weight is 630 g/mol. The summed E-state index contributed by atoms with van der Waals surface area (Å²) in [5, 5.41) is 9.55. The number of carbonyl (C=O) groups is 3. The Hall–Kier alpha value is -1.63. The maximum absolute atomic E-state index is 13.5. The van der Waals surface area contributed by atoms with Gasteiger partial charge in [0.25, 0.3) is 0 Å². The first-order valence-electron chi connectivity index (χ1n) is 18.0. The summed E-state index contributed by atoms with van der Waals surface area (Å²) in [6.07, 6.45) is 13.3. The molecule has 1 N–H and O–H groups in total. The molecule has 256 valence electrons. The number of hydrogen-bond donors (Lipinski definition) is 1. The van der Waals surface area contributed by atoms with Gasteiger partial charge in [0, 0.05) is 32.5 Å². The van der Waals surface area contributed by atoms with Crippen LogP contribution < -0.4 is 0 Å². The molecule has 45 heavy (non-hydrogen) atoms. The third kappa shape index (κ3) is 5.47. The Kier molecular flexibility index (Phi) is 9.10. The van der Waals surface area contributed by atoms with Gasteiger partial charge < -0.3 is 19.5 Å². The van der Waals surface area contributed by atoms with Gasteiger partial charge >= 0.3 is 11.9 Å². The van der Waals surface area contributed by atoms with Crippen LogP contribution >= 0.6 is 0 Å². The number of carboxylic acids is 1. The number of nitrogens with zero attached hydrogens (tertiary/aromatic N) is 1. The van der Waals surface area contributed by atoms with Gasteiger partial charge in [-0.2, -0.15) is 0 Å². The molecule has 5 aliphatic carbocycles. The van der Waals surface area contributed by atoms with Crippen LogP contribution in [0.3, 0.4) is 0 Å². The topological polar surface area (TPSA) is 93.1 Å². The molecule has 0 radical (unpaired) electrons. The highest BCUT2D eigenvalue weighted by atomic mass is 16.5. The molecular weight excluding hydrogens is 566 g/mol. The van der Waals surface area contributed by atoms with Gasteiger partial charge in [-0.3, -0.25) is 14.4 Å². The van der Waals surface area contributed by atoms with E-state index in [1.54, 1.807) is 21.0 Å². The molecule has 0 heterocycles. The summed E-state index contributed by atoms with van der Waals surface area (Å²) in [6, 6.07) is 0. The zero-order valence-electron chi connectivity index (χ0n) is 29.9. The van der Waals surface area contributed by atoms with Crippen LogP contribution in [0.5, 0.6) is 0 Å². The minimum absolute atomic E-state index is 0.102. The Balaban J connectivity index is 1.34. The van der Waals surface area contributed by atoms with Gasteiger partial charge in [-0.1, -0.05) is 41.0 Å². The summed E-state index contributed by atoms with van der Waals surface area (Å²) in [6.45, 7) is 16.9. The molecule has 5 rings (SSSR count). The first-order chi connectivity index (χ1) is 20.9. The SMILES string of the molecule is COCCN(C)C(=O)C[C@]12CCC[C@@H]1[C@H]1CCC3[C@@]4(C)CC[C@H](OC(=O)CC(C)(C)C(=O)O)C(C)(C)C4CC[C@@]3(C)[C@]1(C)CC2. The summed E-state index contributed by atoms with van der Waals surface area (Å²) in [4.78, 5) is 40.0. The minimum atomic E-state index is -1.13. The van der Waals surface area contributed by atoms with Crippen molar-refractivity contribution in [2.75, 3.05) is 27.3 Å². The largest absolute Gasteiger partial charge is 0.481 e. The molecular formula is C38H63NO6. The number of aliphatic carboxylic acids is 1. The van der Waals surface area contributed by atoms with Gasteiger partial charge in [-0.15, -0.1) is 0 Å². The number of rotatable bonds is 9. The summed E-state index contributed by atoms with van der Waals surface area (Å²) < 4.78 is 11.4. The first-order valence-corrected chi connectivity index (χ1v) is 18.0. The van der Waals surface area contributed by atoms with Crippen molar-refractivity contribution in [3.63, 3.8) is 0 Å². The van der Waals surface area contributed by atoms with Crippen LogP contribution in [-0.4, -0.2) is 61.3 Å². The number of methoxy groups -OCH3 is 1. The Morgan fingerprint density at radius 2 is 1.56 bits per heavy atom. The van der Waals surface area contributed by atoms with Crippen molar-refractivity contribution in [3.05, 3.63) is 0 Å². The fourth-order valence-electron chi connectivity index (χ4n) is 12.6. The van der Waals surface area contributed by atoms with Crippen molar-refractivity contribution in [3.8, 4) is 0 Å². The molecule has 9 atom stereocenters. The molecule has 0 saturated heterocycles. The summed E-state index contributed by atoms with van der Waals surface area (Å²) in [7, 11) is 3.64. The van der Waals surface area contributed by atoms with Gasteiger partial charge in [0.1, 0.15) is 6.10 Å². The zero-order chi connectivity index (χ0) is 33.2. The predicted molar refractivity (Wildman–Crippen MR) is 175 cm³/mol. The molecule has 0 aromatic heterocycles. The number of hydrogen-bond acceptors (Lipinski definition) is 5. The second-order valence-corrected chi connectivity index (χ2v) is 18.2. The van der Waals surface area contributed by atoms with Crippen molar-refractivity contribution in [1.82, 2.24) is 4.90 Å². The molecule has 5 aliphatic rings. The van der Waals surface area contributed by atoms with Crippen LogP contribution in [0.25, 0.3) is 0 Å². The van der Waals surface area contributed by atoms with E-state index in [-0.39, 0.29) is 45.6 Å². The maximum atomic E-state index is 13.5. The molecule has 1 amide bonds. The highest BCUT2D eigenvalue weighted by molar-refractivity contribution is 5.81. The second-order valence-electron chi connectivity index (χ2n) is 18.2. The molecule has 5 fully saturated rings. The Bertz CT molecular complexity index is 1160. The normalized spacial score (nSPS) is 42.0. The van der Waals surface area contributed by atoms with Crippen LogP contribution in [0.2, 0.25) is 0 Å². The van der Waals surface area contributed by atoms with E-state index < -0.39 is 11.4 Å². The lowest BCUT2D eigenvalue weighted by atomic mass is 9.32. The molecule has 7 nitrogen and oxygen atoms in total. The van der Waals surface area contributed by atoms with E-state index in [1.165, 1.54) is 51.4 Å². The van der Waals surface area contributed by atoms with Gasteiger partial charge in [0.05, 0.1) is 18.4 Å². The zero-order valence-corrected chi connectivity index (χ0v) is 29.9. The lowest BCUT2D eigenvalue weighted by Crippen LogP contribution is -2.66. The van der Waals surface area contributed by atoms with Crippen molar-refractivity contribution >= 4 is 17.8 Å². The van der Waals surface area contributed by atoms with Gasteiger partial charge in [0.15, 0.2) is 0 Å². The minimum Gasteiger partial charge on any atom is -0.481 e. The molecule has 0 spiro atoms. The molecule has 0 aromatic rings. The number of esters is 1. The van der Waals surface area contributed by atoms with Crippen molar-refractivity contribution in [2.45, 2.75) is 138 Å². The van der Waals surface area contributed by atoms with E-state index in [9.17, 15) is 19.5 Å². The molecule has 2 unspecified atom stereocenters. The average Bonchev–Trinajstić information content (AvgIpc) is 3.37. The van der Waals surface area contributed by atoms with Crippen LogP contribution in [0, 0.1) is 56.2 Å². The Labute approximate surface area is 272 Å². The third-order valence-corrected chi connectivity index (χ3v) is 15.5. The molecule has 5 saturated carbocycles. The van der Waals surface area contributed by atoms with Crippen LogP contribution in [0.1, 0.15) is 132 Å². The maximum Gasteiger partial charge on any atom is 0.309 e. The number of carbonyl (C=O) groups excluding carboxylic acids is 2. The predicted octanol–water partition coefficient (Wildman–Crippen LogP) is 7.75. The number of carboxylic acid groups (broad SMARTS) is 1. The molecule has 7 heteroatoms. The van der Waals surface area contributed by atoms with Crippen LogP contribution in [0.15, 0.2) is 0 Å². The summed E-state index contributed by atoms with van der Waals surface area (Å²) >= 11 is 0. The van der Waals surface area contributed by atoms with E-state index in [0.29, 0.717) is 49.2 Å². The third-order valence-electron chi connectivity index (χ3n) is 15.5. The smallest absolute Gasteiger partial charge is 0.309 e. The fraction of sp³-hybridized carbons (Fsp3) is 0.921. The molecule has 0 bridgehead atoms. The van der Waals surface area contributed by atoms with E-state index in [1.807, 2.05) is 11.9 Å². The van der Waals surface area contributed by atoms with Crippen molar-refractivity contribution in [2.24, 2.45) is 56.2 Å². The highest BCUT2D eigenvalue weighted by Gasteiger charge is 2.70. The van der Waals surface area contributed by atoms with Gasteiger partial charge in [0.2, 0.25) is 5.91 Å². The number of fused-ring (bicyclic) bond motifs is 7. The number of ether oxygens (including phenoxy) is 2. The van der Waals surface area contributed by atoms with Gasteiger partial charge in [-0.05, 0) is 123 Å². The van der Waals surface area contributed by atoms with E-state index >= 15 is 0 Å². The van der Waals surface area contributed by atoms with Crippen molar-refractivity contribution in [1.29, 1.82) is 0 Å². The lowest BCUT2D eigenvalue weighted by Gasteiger charge is -2.72. The summed E-state index contributed by atoms with van der Waals surface area (Å²) in [5.74, 6) is 1.34. The standard InChI is InChI=1S/C38H63NO6/c1-33(2,32(42)43)24-31(41)45-29-15-17-35(5)27(34(29,3)4)14-18-37(7)28(35)13-12-25-26-11-10-16-38(26,20-19-36(25,37)6)23-30(40)39(8)21-22-44-9/h25-29H,10-24H2,1-9H3,(H,42,43)/t25-,26-,27?,28?,29+,35+,36-,37-,38-/m1/s1. The van der Waals surface area contributed by atoms with E-state index in [0.717, 1.165) is 19.3 Å². The summed E-state index contributed by atoms with van der Waals surface area (Å²) in [5.41, 5.74) is -0.444. The number of likely N-dealkylation sites (N-methyl/N-ethyl adjacent to an activating group) is 1. The highest BCUT2D eigenvalue weighted by Crippen LogP contribution is 2.77. The van der Waals surface area contributed by atoms with Crippen LogP contribution in [0.4, 0.5) is 0 Å². The van der Waals surface area contributed by atoms with E-state index in [2.05, 4.69) is 34.6 Å². The monoisotopic (exact) mass is 629 g/mol. The van der Waals surface area contributed by atoms with Gasteiger partial charge in [-0.25, -0.2) is 0 Å². The lowest BCUT2D eigenvalue weighted by molar-refractivity contribution is -0.248. The quantitative estimate of drug-likeness (QED) is 0.262. The first kappa shape index (κ1) is 34.7. The van der Waals surface area contributed by atoms with Crippen LogP contribution in [-0.2, 0) is 23.9 Å². The molecule has 0 aromatic carbocycles. The second kappa shape index (κ2) is 11.8.